The zero-order valence-corrected chi connectivity index (χ0v) is 13.0. The minimum absolute atomic E-state index is 0.369. The Morgan fingerprint density at radius 2 is 2.18 bits per heavy atom. The molecule has 1 saturated heterocycles. The number of aromatic nitrogens is 4. The summed E-state index contributed by atoms with van der Waals surface area (Å²) >= 11 is 0. The molecule has 0 saturated carbocycles. The molecule has 1 fully saturated rings. The van der Waals surface area contributed by atoms with E-state index in [9.17, 15) is 0 Å². The number of anilines is 1. The highest BCUT2D eigenvalue weighted by Gasteiger charge is 2.25. The van der Waals surface area contributed by atoms with Crippen LogP contribution in [-0.2, 0) is 6.54 Å². The second kappa shape index (κ2) is 6.14. The molecule has 0 aromatic carbocycles. The predicted molar refractivity (Wildman–Crippen MR) is 83.4 cm³/mol. The van der Waals surface area contributed by atoms with Gasteiger partial charge in [0.15, 0.2) is 0 Å². The van der Waals surface area contributed by atoms with E-state index in [4.69, 9.17) is 5.26 Å². The molecule has 0 radical (unpaired) electrons. The number of rotatable bonds is 3. The van der Waals surface area contributed by atoms with Gasteiger partial charge in [0.2, 0.25) is 0 Å². The van der Waals surface area contributed by atoms with Gasteiger partial charge in [-0.25, -0.2) is 14.6 Å². The molecule has 0 N–H and O–H groups in total. The number of nitriles is 1. The van der Waals surface area contributed by atoms with Crippen LogP contribution in [0.1, 0.15) is 36.5 Å². The summed E-state index contributed by atoms with van der Waals surface area (Å²) in [6, 6.07) is 6.26. The average molecular weight is 296 g/mol. The van der Waals surface area contributed by atoms with Gasteiger partial charge >= 0.3 is 0 Å². The van der Waals surface area contributed by atoms with Crippen LogP contribution in [0.3, 0.4) is 0 Å². The lowest BCUT2D eigenvalue weighted by Gasteiger charge is -2.36. The number of hydrogen-bond donors (Lipinski definition) is 0. The summed E-state index contributed by atoms with van der Waals surface area (Å²) < 4.78 is 1.99. The molecular weight excluding hydrogens is 276 g/mol. The monoisotopic (exact) mass is 296 g/mol. The van der Waals surface area contributed by atoms with Crippen LogP contribution in [-0.4, -0.2) is 32.3 Å². The predicted octanol–water partition coefficient (Wildman–Crippen LogP) is 2.22. The smallest absolute Gasteiger partial charge is 0.147 e. The van der Waals surface area contributed by atoms with Gasteiger partial charge in [-0.2, -0.15) is 10.4 Å². The first kappa shape index (κ1) is 14.5. The quantitative estimate of drug-likeness (QED) is 0.868. The Kier molecular flexibility index (Phi) is 4.05. The zero-order valence-electron chi connectivity index (χ0n) is 13.0. The molecule has 22 heavy (non-hydrogen) atoms. The van der Waals surface area contributed by atoms with E-state index in [0.29, 0.717) is 11.6 Å². The summed E-state index contributed by atoms with van der Waals surface area (Å²) in [5.74, 6) is 2.71. The Labute approximate surface area is 130 Å². The maximum atomic E-state index is 8.90. The fourth-order valence-electron chi connectivity index (χ4n) is 3.05. The first-order chi connectivity index (χ1) is 10.7. The summed E-state index contributed by atoms with van der Waals surface area (Å²) in [4.78, 5) is 11.2. The molecule has 0 spiro atoms. The van der Waals surface area contributed by atoms with Gasteiger partial charge in [0.25, 0.3) is 0 Å². The minimum Gasteiger partial charge on any atom is -0.352 e. The number of nitrogens with zero attached hydrogens (tertiary/aromatic N) is 6. The van der Waals surface area contributed by atoms with Crippen molar-refractivity contribution < 1.29 is 0 Å². The van der Waals surface area contributed by atoms with Crippen molar-refractivity contribution >= 4 is 5.82 Å². The first-order valence-corrected chi connectivity index (χ1v) is 7.68. The molecule has 2 aromatic heterocycles. The van der Waals surface area contributed by atoms with Gasteiger partial charge in [-0.05, 0) is 45.2 Å². The Morgan fingerprint density at radius 1 is 1.32 bits per heavy atom. The summed E-state index contributed by atoms with van der Waals surface area (Å²) in [5.41, 5.74) is 0.597. The molecule has 3 rings (SSSR count). The Hall–Kier alpha value is -2.42. The summed E-state index contributed by atoms with van der Waals surface area (Å²) in [6.07, 6.45) is 5.17. The molecule has 0 bridgehead atoms. The summed E-state index contributed by atoms with van der Waals surface area (Å²) in [6.45, 7) is 5.74. The fourth-order valence-corrected chi connectivity index (χ4v) is 3.05. The molecule has 1 aliphatic heterocycles. The second-order valence-electron chi connectivity index (χ2n) is 5.75. The van der Waals surface area contributed by atoms with Crippen LogP contribution >= 0.6 is 0 Å². The second-order valence-corrected chi connectivity index (χ2v) is 5.75. The standard InChI is InChI=1S/C16H20N6/c1-12-19-13(2)22(20-12)11-15-5-3-4-8-21(15)16-7-6-14(9-17)10-18-16/h6-7,10,15H,3-5,8,11H2,1-2H3/t15-/m0/s1. The first-order valence-electron chi connectivity index (χ1n) is 7.68. The third kappa shape index (κ3) is 2.93. The van der Waals surface area contributed by atoms with Crippen LogP contribution in [0.25, 0.3) is 0 Å². The van der Waals surface area contributed by atoms with Crippen LogP contribution in [0.2, 0.25) is 0 Å². The highest BCUT2D eigenvalue weighted by Crippen LogP contribution is 2.24. The molecule has 1 atom stereocenters. The minimum atomic E-state index is 0.369. The molecule has 114 valence electrons. The van der Waals surface area contributed by atoms with Crippen molar-refractivity contribution in [1.82, 2.24) is 19.7 Å². The largest absolute Gasteiger partial charge is 0.352 e. The molecule has 2 aromatic rings. The third-order valence-corrected chi connectivity index (χ3v) is 4.14. The highest BCUT2D eigenvalue weighted by molar-refractivity contribution is 5.43. The third-order valence-electron chi connectivity index (χ3n) is 4.14. The Bertz CT molecular complexity index is 682. The van der Waals surface area contributed by atoms with E-state index in [0.717, 1.165) is 37.0 Å². The van der Waals surface area contributed by atoms with Gasteiger partial charge in [-0.3, -0.25) is 0 Å². The van der Waals surface area contributed by atoms with Crippen molar-refractivity contribution in [3.8, 4) is 6.07 Å². The molecular formula is C16H20N6. The van der Waals surface area contributed by atoms with Crippen LogP contribution in [0.15, 0.2) is 18.3 Å². The molecule has 0 aliphatic carbocycles. The van der Waals surface area contributed by atoms with Crippen LogP contribution < -0.4 is 4.90 Å². The van der Waals surface area contributed by atoms with E-state index in [1.165, 1.54) is 12.8 Å². The van der Waals surface area contributed by atoms with Crippen molar-refractivity contribution in [2.45, 2.75) is 45.7 Å². The SMILES string of the molecule is Cc1nc(C)n(C[C@@H]2CCCCN2c2ccc(C#N)cn2)n1. The van der Waals surface area contributed by atoms with Gasteiger partial charge < -0.3 is 4.90 Å². The number of piperidine rings is 1. The van der Waals surface area contributed by atoms with Gasteiger partial charge in [0.05, 0.1) is 18.2 Å². The van der Waals surface area contributed by atoms with E-state index in [1.54, 1.807) is 6.20 Å². The van der Waals surface area contributed by atoms with Crippen molar-refractivity contribution in [2.24, 2.45) is 0 Å². The average Bonchev–Trinajstić information content (AvgIpc) is 2.86. The number of pyridine rings is 1. The molecule has 0 amide bonds. The van der Waals surface area contributed by atoms with Gasteiger partial charge in [0, 0.05) is 12.7 Å². The Balaban J connectivity index is 1.81. The zero-order chi connectivity index (χ0) is 15.5. The van der Waals surface area contributed by atoms with Crippen molar-refractivity contribution in [3.63, 3.8) is 0 Å². The topological polar surface area (TPSA) is 70.6 Å². The molecule has 6 nitrogen and oxygen atoms in total. The maximum Gasteiger partial charge on any atom is 0.147 e. The van der Waals surface area contributed by atoms with Crippen LogP contribution in [0, 0.1) is 25.2 Å². The van der Waals surface area contributed by atoms with Gasteiger partial charge in [0.1, 0.15) is 23.5 Å². The Morgan fingerprint density at radius 3 is 2.82 bits per heavy atom. The lowest BCUT2D eigenvalue weighted by molar-refractivity contribution is 0.392. The van der Waals surface area contributed by atoms with Gasteiger partial charge in [-0.15, -0.1) is 0 Å². The van der Waals surface area contributed by atoms with E-state index < -0.39 is 0 Å². The van der Waals surface area contributed by atoms with Crippen LogP contribution in [0.4, 0.5) is 5.82 Å². The van der Waals surface area contributed by atoms with Crippen molar-refractivity contribution in [3.05, 3.63) is 35.5 Å². The number of hydrogen-bond acceptors (Lipinski definition) is 5. The maximum absolute atomic E-state index is 8.90. The van der Waals surface area contributed by atoms with E-state index in [-0.39, 0.29) is 0 Å². The summed E-state index contributed by atoms with van der Waals surface area (Å²) in [5, 5.41) is 13.4. The van der Waals surface area contributed by atoms with Crippen LogP contribution in [0.5, 0.6) is 0 Å². The molecule has 3 heterocycles. The normalized spacial score (nSPS) is 18.2. The lowest BCUT2D eigenvalue weighted by Crippen LogP contribution is -2.43. The van der Waals surface area contributed by atoms with Gasteiger partial charge in [-0.1, -0.05) is 0 Å². The van der Waals surface area contributed by atoms with E-state index in [2.05, 4.69) is 26.0 Å². The highest BCUT2D eigenvalue weighted by atomic mass is 15.4. The van der Waals surface area contributed by atoms with Crippen molar-refractivity contribution in [2.75, 3.05) is 11.4 Å². The summed E-state index contributed by atoms with van der Waals surface area (Å²) in [7, 11) is 0. The molecule has 1 aliphatic rings. The number of aryl methyl sites for hydroxylation is 2. The molecule has 0 unspecified atom stereocenters. The lowest BCUT2D eigenvalue weighted by atomic mass is 10.0. The molecule has 6 heteroatoms. The fraction of sp³-hybridized carbons (Fsp3) is 0.500. The van der Waals surface area contributed by atoms with E-state index >= 15 is 0 Å². The van der Waals surface area contributed by atoms with E-state index in [1.807, 2.05) is 30.7 Å². The van der Waals surface area contributed by atoms with Crippen molar-refractivity contribution in [1.29, 1.82) is 5.26 Å².